The fourth-order valence-corrected chi connectivity index (χ4v) is 0.933. The Hall–Kier alpha value is -1.39. The molecule has 5 nitrogen and oxygen atoms in total. The van der Waals surface area contributed by atoms with E-state index in [-0.39, 0.29) is 25.2 Å². The number of nitrogens with zero attached hydrogens (tertiary/aromatic N) is 1. The highest BCUT2D eigenvalue weighted by Crippen LogP contribution is 2.21. The normalized spacial score (nSPS) is 12.2. The van der Waals surface area contributed by atoms with Crippen LogP contribution < -0.4 is 5.32 Å². The summed E-state index contributed by atoms with van der Waals surface area (Å²) in [5.74, 6) is -0.243. The van der Waals surface area contributed by atoms with Crippen molar-refractivity contribution in [3.05, 3.63) is 0 Å². The van der Waals surface area contributed by atoms with Gasteiger partial charge in [0.25, 0.3) is 0 Å². The number of hydrogen-bond acceptors (Lipinski definition) is 3. The third-order valence-electron chi connectivity index (χ3n) is 2.85. The Morgan fingerprint density at radius 3 is 2.39 bits per heavy atom. The molecule has 18 heavy (non-hydrogen) atoms. The zero-order valence-electron chi connectivity index (χ0n) is 12.0. The van der Waals surface area contributed by atoms with Gasteiger partial charge in [-0.1, -0.05) is 13.8 Å². The second-order valence-electron chi connectivity index (χ2n) is 4.81. The van der Waals surface area contributed by atoms with Crippen molar-refractivity contribution in [3.63, 3.8) is 0 Å². The van der Waals surface area contributed by atoms with E-state index >= 15 is 0 Å². The summed E-state index contributed by atoms with van der Waals surface area (Å²) < 4.78 is 5.08. The van der Waals surface area contributed by atoms with E-state index in [0.717, 1.165) is 18.6 Å². The Kier molecular flexibility index (Phi) is 7.24. The Bertz CT molecular complexity index is 322. The lowest BCUT2D eigenvalue weighted by molar-refractivity contribution is -0.153. The molecular formula is C13H24N2O3. The van der Waals surface area contributed by atoms with Gasteiger partial charge in [-0.2, -0.15) is 0 Å². The minimum absolute atomic E-state index is 0.175. The molecular weight excluding hydrogens is 232 g/mol. The van der Waals surface area contributed by atoms with E-state index in [1.54, 1.807) is 6.92 Å². The Morgan fingerprint density at radius 1 is 1.28 bits per heavy atom. The van der Waals surface area contributed by atoms with Gasteiger partial charge in [0, 0.05) is 5.71 Å². The van der Waals surface area contributed by atoms with Crippen molar-refractivity contribution in [2.75, 3.05) is 13.2 Å². The van der Waals surface area contributed by atoms with Crippen LogP contribution in [0.3, 0.4) is 0 Å². The quantitative estimate of drug-likeness (QED) is 0.451. The topological polar surface area (TPSA) is 67.8 Å². The Morgan fingerprint density at radius 2 is 1.89 bits per heavy atom. The van der Waals surface area contributed by atoms with Crippen molar-refractivity contribution >= 4 is 17.7 Å². The number of rotatable bonds is 6. The number of carbonyl (C=O) groups is 2. The second-order valence-corrected chi connectivity index (χ2v) is 4.81. The number of ether oxygens (including phenoxy) is 1. The summed E-state index contributed by atoms with van der Waals surface area (Å²) in [6.45, 7) is 9.79. The first kappa shape index (κ1) is 16.6. The van der Waals surface area contributed by atoms with Gasteiger partial charge in [-0.15, -0.1) is 0 Å². The van der Waals surface area contributed by atoms with E-state index < -0.39 is 5.41 Å². The van der Waals surface area contributed by atoms with Gasteiger partial charge in [-0.05, 0) is 33.6 Å². The van der Waals surface area contributed by atoms with E-state index in [1.807, 2.05) is 27.7 Å². The summed E-state index contributed by atoms with van der Waals surface area (Å²) in [5.41, 5.74) is 0.303. The molecule has 0 aliphatic rings. The van der Waals surface area contributed by atoms with E-state index in [4.69, 9.17) is 4.74 Å². The van der Waals surface area contributed by atoms with Crippen molar-refractivity contribution in [3.8, 4) is 0 Å². The molecule has 0 spiro atoms. The Labute approximate surface area is 109 Å². The monoisotopic (exact) mass is 256 g/mol. The molecule has 1 N–H and O–H groups in total. The number of hydrogen-bond donors (Lipinski definition) is 1. The van der Waals surface area contributed by atoms with Crippen molar-refractivity contribution in [2.24, 2.45) is 10.4 Å². The van der Waals surface area contributed by atoms with Gasteiger partial charge in [-0.3, -0.25) is 4.79 Å². The van der Waals surface area contributed by atoms with Crippen molar-refractivity contribution in [1.82, 2.24) is 5.32 Å². The third kappa shape index (κ3) is 6.37. The average molecular weight is 256 g/mol. The van der Waals surface area contributed by atoms with Crippen LogP contribution in [0.15, 0.2) is 4.99 Å². The molecule has 0 fully saturated rings. The molecule has 0 aromatic carbocycles. The van der Waals surface area contributed by atoms with E-state index in [2.05, 4.69) is 10.3 Å². The first-order valence-corrected chi connectivity index (χ1v) is 6.32. The molecule has 0 aliphatic carbocycles. The van der Waals surface area contributed by atoms with Crippen LogP contribution in [0.4, 0.5) is 4.79 Å². The van der Waals surface area contributed by atoms with Crippen molar-refractivity contribution in [1.29, 1.82) is 0 Å². The van der Waals surface area contributed by atoms with Crippen LogP contribution in [-0.4, -0.2) is 30.9 Å². The highest BCUT2D eigenvalue weighted by atomic mass is 16.5. The molecule has 0 saturated carbocycles. The molecule has 0 aromatic rings. The van der Waals surface area contributed by atoms with Crippen LogP contribution in [0.25, 0.3) is 0 Å². The van der Waals surface area contributed by atoms with Gasteiger partial charge >= 0.3 is 12.0 Å². The summed E-state index contributed by atoms with van der Waals surface area (Å²) in [7, 11) is 0. The van der Waals surface area contributed by atoms with Gasteiger partial charge in [0.1, 0.15) is 6.61 Å². The molecule has 0 atom stereocenters. The standard InChI is InChI=1S/C13H24N2O3/c1-6-10(3)15-12(17)14-8-9-18-11(16)13(4,5)7-2/h6-9H2,1-5H3,(H,14,17). The van der Waals surface area contributed by atoms with E-state index in [1.165, 1.54) is 0 Å². The summed E-state index contributed by atoms with van der Waals surface area (Å²) in [4.78, 5) is 26.7. The molecule has 0 bridgehead atoms. The fourth-order valence-electron chi connectivity index (χ4n) is 0.933. The molecule has 0 unspecified atom stereocenters. The molecule has 2 amide bonds. The molecule has 104 valence electrons. The van der Waals surface area contributed by atoms with Crippen LogP contribution in [0.2, 0.25) is 0 Å². The molecule has 0 rings (SSSR count). The predicted octanol–water partition coefficient (Wildman–Crippen LogP) is 2.55. The van der Waals surface area contributed by atoms with Crippen LogP contribution in [-0.2, 0) is 9.53 Å². The number of urea groups is 1. The minimum atomic E-state index is -0.471. The molecule has 0 aromatic heterocycles. The lowest BCUT2D eigenvalue weighted by atomic mass is 9.91. The smallest absolute Gasteiger partial charge is 0.340 e. The Balaban J connectivity index is 3.88. The van der Waals surface area contributed by atoms with Crippen LogP contribution in [0, 0.1) is 5.41 Å². The summed E-state index contributed by atoms with van der Waals surface area (Å²) in [6, 6.07) is -0.389. The first-order valence-electron chi connectivity index (χ1n) is 6.32. The number of nitrogens with one attached hydrogen (secondary N) is 1. The fraction of sp³-hybridized carbons (Fsp3) is 0.769. The third-order valence-corrected chi connectivity index (χ3v) is 2.85. The molecule has 5 heteroatoms. The zero-order valence-corrected chi connectivity index (χ0v) is 12.0. The highest BCUT2D eigenvalue weighted by molar-refractivity contribution is 5.93. The first-order chi connectivity index (χ1) is 8.33. The number of aliphatic imine (C=N–C) groups is 1. The SMILES string of the molecule is CCC(C)=NC(=O)NCCOC(=O)C(C)(C)CC. The van der Waals surface area contributed by atoms with Crippen LogP contribution >= 0.6 is 0 Å². The van der Waals surface area contributed by atoms with E-state index in [0.29, 0.717) is 0 Å². The second kappa shape index (κ2) is 7.84. The molecule has 0 saturated heterocycles. The molecule has 0 heterocycles. The van der Waals surface area contributed by atoms with E-state index in [9.17, 15) is 9.59 Å². The summed E-state index contributed by atoms with van der Waals surface area (Å²) in [6.07, 6.45) is 1.46. The molecule has 0 radical (unpaired) electrons. The maximum absolute atomic E-state index is 11.6. The van der Waals surface area contributed by atoms with Gasteiger partial charge in [-0.25, -0.2) is 9.79 Å². The lowest BCUT2D eigenvalue weighted by Gasteiger charge is -2.20. The number of amides is 2. The van der Waals surface area contributed by atoms with Crippen LogP contribution in [0.5, 0.6) is 0 Å². The molecule has 0 aliphatic heterocycles. The summed E-state index contributed by atoms with van der Waals surface area (Å²) in [5, 5.41) is 2.57. The van der Waals surface area contributed by atoms with Gasteiger partial charge in [0.15, 0.2) is 0 Å². The lowest BCUT2D eigenvalue weighted by Crippen LogP contribution is -2.30. The minimum Gasteiger partial charge on any atom is -0.463 e. The average Bonchev–Trinajstić information content (AvgIpc) is 2.33. The van der Waals surface area contributed by atoms with Gasteiger partial charge < -0.3 is 10.1 Å². The maximum Gasteiger partial charge on any atom is 0.340 e. The number of esters is 1. The predicted molar refractivity (Wildman–Crippen MR) is 71.8 cm³/mol. The van der Waals surface area contributed by atoms with Crippen molar-refractivity contribution in [2.45, 2.75) is 47.5 Å². The summed E-state index contributed by atoms with van der Waals surface area (Å²) >= 11 is 0. The van der Waals surface area contributed by atoms with Crippen LogP contribution in [0.1, 0.15) is 47.5 Å². The van der Waals surface area contributed by atoms with Gasteiger partial charge in [0.05, 0.1) is 12.0 Å². The zero-order chi connectivity index (χ0) is 14.2. The van der Waals surface area contributed by atoms with Crippen molar-refractivity contribution < 1.29 is 14.3 Å². The highest BCUT2D eigenvalue weighted by Gasteiger charge is 2.26. The maximum atomic E-state index is 11.6. The number of carbonyl (C=O) groups excluding carboxylic acids is 2. The largest absolute Gasteiger partial charge is 0.463 e. The van der Waals surface area contributed by atoms with Gasteiger partial charge in [0.2, 0.25) is 0 Å².